The van der Waals surface area contributed by atoms with Crippen LogP contribution in [0.3, 0.4) is 0 Å². The number of rotatable bonds is 24. The first-order chi connectivity index (χ1) is 28.8. The van der Waals surface area contributed by atoms with E-state index in [1.165, 1.54) is 0 Å². The number of aromatic amines is 2. The molecule has 0 unspecified atom stereocenters. The van der Waals surface area contributed by atoms with E-state index < -0.39 is 108 Å². The molecule has 61 heavy (non-hydrogen) atoms. The average molecular weight is 866 g/mol. The molecule has 2 aromatic rings. The lowest BCUT2D eigenvalue weighted by atomic mass is 9.94. The van der Waals surface area contributed by atoms with Gasteiger partial charge < -0.3 is 76.8 Å². The molecule has 0 saturated carbocycles. The smallest absolute Gasteiger partial charge is 0.404 e. The third kappa shape index (κ3) is 14.3. The fourth-order valence-electron chi connectivity index (χ4n) is 6.64. The maximum absolute atomic E-state index is 14.5. The highest BCUT2D eigenvalue weighted by Gasteiger charge is 2.52. The molecule has 340 valence electrons. The number of unbranched alkanes of at least 4 members (excludes halogenated alkanes) is 1. The van der Waals surface area contributed by atoms with Crippen LogP contribution in [0.5, 0.6) is 5.75 Å². The van der Waals surface area contributed by atoms with E-state index in [-0.39, 0.29) is 18.2 Å². The molecular weight excluding hydrogens is 806 g/mol. The number of carboxylic acids is 2. The normalized spacial score (nSPS) is 22.3. The number of aliphatic hydroxyl groups excluding tert-OH is 2. The minimum absolute atomic E-state index is 0.158. The standard InChI is InChI=1S/C39H59N7O15/c1-6-18(3)25(33(50)46-26(35(52)53)19(4)7-2)45-34(51)27(44-24(47)11-9-8-10-21(40)16-20-12-14-22(58-5)15-13-20)30(23-17-42-39(57)43-23)59-37-29(49)28(48)31(61-38(41)56)32(60-37)36(54)55/h12-15,17-19,21,25-32,37,48-49H,6-11,16,40H2,1-5H3,(H2,41,56)(H,44,47)(H,45,51)(H,46,50)(H,52,53)(H,54,55)(H2,42,43,57)/t18-,19+,21-,25-,26+,27+,28-,29+,30-,31-,32+,37+/m0/s1. The topological polar surface area (TPSA) is 357 Å². The van der Waals surface area contributed by atoms with Crippen molar-refractivity contribution >= 4 is 35.8 Å². The molecule has 0 bridgehead atoms. The quantitative estimate of drug-likeness (QED) is 0.0594. The van der Waals surface area contributed by atoms with E-state index in [4.69, 9.17) is 30.4 Å². The fourth-order valence-corrected chi connectivity index (χ4v) is 6.64. The van der Waals surface area contributed by atoms with Gasteiger partial charge in [-0.05, 0) is 48.8 Å². The van der Waals surface area contributed by atoms with Gasteiger partial charge in [0.25, 0.3) is 0 Å². The summed E-state index contributed by atoms with van der Waals surface area (Å²) in [5, 5.41) is 49.2. The summed E-state index contributed by atoms with van der Waals surface area (Å²) in [5.74, 6) is -6.14. The van der Waals surface area contributed by atoms with Gasteiger partial charge in [-0.3, -0.25) is 14.4 Å². The Hall–Kier alpha value is -5.55. The number of nitrogens with one attached hydrogen (secondary N) is 5. The number of aliphatic carboxylic acids is 2. The molecule has 2 heterocycles. The van der Waals surface area contributed by atoms with Gasteiger partial charge in [0.2, 0.25) is 17.7 Å². The van der Waals surface area contributed by atoms with Gasteiger partial charge >= 0.3 is 23.7 Å². The monoisotopic (exact) mass is 865 g/mol. The van der Waals surface area contributed by atoms with Crippen LogP contribution in [0.25, 0.3) is 0 Å². The number of carbonyl (C=O) groups excluding carboxylic acids is 4. The summed E-state index contributed by atoms with van der Waals surface area (Å²) in [6, 6.07) is 2.58. The summed E-state index contributed by atoms with van der Waals surface area (Å²) in [7, 11) is 1.56. The number of nitrogens with two attached hydrogens (primary N) is 2. The Morgan fingerprint density at radius 2 is 1.49 bits per heavy atom. The van der Waals surface area contributed by atoms with Crippen molar-refractivity contribution in [3.8, 4) is 5.75 Å². The third-order valence-electron chi connectivity index (χ3n) is 10.6. The van der Waals surface area contributed by atoms with Crippen LogP contribution in [0.2, 0.25) is 0 Å². The van der Waals surface area contributed by atoms with E-state index in [1.807, 2.05) is 24.3 Å². The minimum atomic E-state index is -2.18. The molecule has 1 aliphatic rings. The lowest BCUT2D eigenvalue weighted by Crippen LogP contribution is -2.63. The number of aliphatic hydroxyl groups is 2. The predicted octanol–water partition coefficient (Wildman–Crippen LogP) is -0.474. The van der Waals surface area contributed by atoms with Gasteiger partial charge in [-0.1, -0.05) is 59.1 Å². The van der Waals surface area contributed by atoms with Crippen LogP contribution in [0.15, 0.2) is 35.3 Å². The summed E-state index contributed by atoms with van der Waals surface area (Å²) in [4.78, 5) is 94.7. The number of H-pyrrole nitrogens is 2. The molecule has 4 amide bonds. The summed E-state index contributed by atoms with van der Waals surface area (Å²) in [5.41, 5.74) is 11.3. The Labute approximate surface area is 351 Å². The molecule has 1 aromatic carbocycles. The Kier molecular flexibility index (Phi) is 19.1. The Balaban J connectivity index is 1.96. The van der Waals surface area contributed by atoms with Gasteiger partial charge in [-0.25, -0.2) is 19.2 Å². The number of primary amides is 1. The van der Waals surface area contributed by atoms with Crippen LogP contribution in [-0.2, 0) is 44.6 Å². The van der Waals surface area contributed by atoms with Crippen molar-refractivity contribution in [2.75, 3.05) is 7.11 Å². The third-order valence-corrected chi connectivity index (χ3v) is 10.6. The molecule has 13 N–H and O–H groups in total. The maximum Gasteiger partial charge on any atom is 0.404 e. The molecule has 1 aromatic heterocycles. The highest BCUT2D eigenvalue weighted by Crippen LogP contribution is 2.31. The summed E-state index contributed by atoms with van der Waals surface area (Å²) < 4.78 is 21.3. The number of aromatic nitrogens is 2. The highest BCUT2D eigenvalue weighted by atomic mass is 16.7. The van der Waals surface area contributed by atoms with E-state index in [2.05, 4.69) is 25.9 Å². The van der Waals surface area contributed by atoms with Gasteiger partial charge in [-0.2, -0.15) is 0 Å². The van der Waals surface area contributed by atoms with Crippen LogP contribution >= 0.6 is 0 Å². The Bertz CT molecular complexity index is 1840. The van der Waals surface area contributed by atoms with Crippen molar-refractivity contribution in [1.82, 2.24) is 25.9 Å². The van der Waals surface area contributed by atoms with Crippen LogP contribution in [0.4, 0.5) is 4.79 Å². The van der Waals surface area contributed by atoms with Crippen LogP contribution < -0.4 is 37.8 Å². The summed E-state index contributed by atoms with van der Waals surface area (Å²) >= 11 is 0. The first-order valence-electron chi connectivity index (χ1n) is 20.0. The molecule has 1 saturated heterocycles. The highest BCUT2D eigenvalue weighted by molar-refractivity contribution is 5.94. The van der Waals surface area contributed by atoms with Gasteiger partial charge in [0.1, 0.15) is 42.2 Å². The lowest BCUT2D eigenvalue weighted by molar-refractivity contribution is -0.306. The molecule has 3 rings (SSSR count). The van der Waals surface area contributed by atoms with Gasteiger partial charge in [0.05, 0.1) is 12.8 Å². The molecule has 22 nitrogen and oxygen atoms in total. The van der Waals surface area contributed by atoms with Crippen molar-refractivity contribution in [3.63, 3.8) is 0 Å². The second kappa shape index (κ2) is 23.4. The van der Waals surface area contributed by atoms with Gasteiger partial charge in [0.15, 0.2) is 18.5 Å². The molecule has 12 atom stereocenters. The van der Waals surface area contributed by atoms with Crippen molar-refractivity contribution in [3.05, 3.63) is 52.2 Å². The number of imidazole rings is 1. The van der Waals surface area contributed by atoms with Crippen molar-refractivity contribution < 1.29 is 68.1 Å². The van der Waals surface area contributed by atoms with E-state index in [9.17, 15) is 54.0 Å². The minimum Gasteiger partial charge on any atom is -0.497 e. The number of carboxylic acid groups (broad SMARTS) is 2. The van der Waals surface area contributed by atoms with Gasteiger partial charge in [0, 0.05) is 18.7 Å². The van der Waals surface area contributed by atoms with Crippen LogP contribution in [0, 0.1) is 11.8 Å². The molecule has 1 fully saturated rings. The molecule has 0 radical (unpaired) electrons. The van der Waals surface area contributed by atoms with E-state index in [0.29, 0.717) is 44.3 Å². The maximum atomic E-state index is 14.5. The SMILES string of the molecule is CC[C@@H](C)[C@@H](NC(=O)[C@@H](NC(=O)[C@H](NC(=O)CCCC[C@H](N)Cc1ccc(OC)cc1)[C@@H](O[C@@H]1O[C@@H](C(=O)O)[C@@H](OC(N)=O)[C@@H](O)[C@H]1O)c1c[nH]c(=O)[nH]1)[C@@H](C)CC)C(=O)O. The number of hydrogen-bond acceptors (Lipinski definition) is 14. The number of methoxy groups -OCH3 is 1. The lowest BCUT2D eigenvalue weighted by Gasteiger charge is -2.41. The largest absolute Gasteiger partial charge is 0.497 e. The van der Waals surface area contributed by atoms with E-state index in [1.54, 1.807) is 34.8 Å². The number of hydrogen-bond donors (Lipinski definition) is 11. The van der Waals surface area contributed by atoms with Crippen molar-refractivity contribution in [2.24, 2.45) is 23.3 Å². The predicted molar refractivity (Wildman–Crippen MR) is 213 cm³/mol. The number of benzene rings is 1. The zero-order valence-corrected chi connectivity index (χ0v) is 34.7. The van der Waals surface area contributed by atoms with Crippen LogP contribution in [-0.4, -0.2) is 128 Å². The van der Waals surface area contributed by atoms with Crippen molar-refractivity contribution in [2.45, 2.75) is 134 Å². The molecular formula is C39H59N7O15. The first kappa shape index (κ1) is 49.8. The summed E-state index contributed by atoms with van der Waals surface area (Å²) in [6.07, 6.45) is -10.5. The molecule has 22 heteroatoms. The average Bonchev–Trinajstić information content (AvgIpc) is 3.65. The second-order valence-electron chi connectivity index (χ2n) is 15.1. The first-order valence-corrected chi connectivity index (χ1v) is 20.0. The molecule has 0 aliphatic carbocycles. The molecule has 0 spiro atoms. The Morgan fingerprint density at radius 1 is 0.885 bits per heavy atom. The Morgan fingerprint density at radius 3 is 2.03 bits per heavy atom. The number of carbonyl (C=O) groups is 6. The van der Waals surface area contributed by atoms with E-state index >= 15 is 0 Å². The molecule has 1 aliphatic heterocycles. The van der Waals surface area contributed by atoms with Gasteiger partial charge in [-0.15, -0.1) is 0 Å². The zero-order valence-electron chi connectivity index (χ0n) is 34.7. The fraction of sp³-hybridized carbons (Fsp3) is 0.615. The zero-order chi connectivity index (χ0) is 45.6. The van der Waals surface area contributed by atoms with Crippen molar-refractivity contribution in [1.29, 1.82) is 0 Å². The number of ether oxygens (including phenoxy) is 4. The second-order valence-corrected chi connectivity index (χ2v) is 15.1. The number of amides is 4. The van der Waals surface area contributed by atoms with E-state index in [0.717, 1.165) is 11.8 Å². The van der Waals surface area contributed by atoms with Crippen LogP contribution in [0.1, 0.15) is 83.6 Å². The summed E-state index contributed by atoms with van der Waals surface area (Å²) in [6.45, 7) is 6.72.